The lowest BCUT2D eigenvalue weighted by atomic mass is 10.1. The van der Waals surface area contributed by atoms with Crippen LogP contribution in [-0.2, 0) is 21.4 Å². The molecular weight excluding hydrogens is 444 g/mol. The van der Waals surface area contributed by atoms with Crippen LogP contribution in [0.5, 0.6) is 0 Å². The van der Waals surface area contributed by atoms with E-state index in [1.54, 1.807) is 18.4 Å². The van der Waals surface area contributed by atoms with Gasteiger partial charge in [-0.25, -0.2) is 13.4 Å². The Morgan fingerprint density at radius 2 is 2.00 bits per heavy atom. The number of nitrogens with zero attached hydrogens (tertiary/aromatic N) is 3. The van der Waals surface area contributed by atoms with Crippen molar-refractivity contribution in [2.45, 2.75) is 41.8 Å². The van der Waals surface area contributed by atoms with Crippen molar-refractivity contribution in [3.8, 4) is 6.07 Å². The number of pyridine rings is 1. The predicted molar refractivity (Wildman–Crippen MR) is 116 cm³/mol. The summed E-state index contributed by atoms with van der Waals surface area (Å²) >= 11 is 7.23. The molecule has 7 nitrogen and oxygen atoms in total. The van der Waals surface area contributed by atoms with Crippen molar-refractivity contribution in [1.29, 1.82) is 5.26 Å². The van der Waals surface area contributed by atoms with Crippen LogP contribution in [0.1, 0.15) is 30.5 Å². The number of halogens is 1. The van der Waals surface area contributed by atoms with Gasteiger partial charge in [-0.1, -0.05) is 11.6 Å². The van der Waals surface area contributed by atoms with Gasteiger partial charge in [0.25, 0.3) is 0 Å². The fraction of sp³-hybridized carbons (Fsp3) is 0.350. The Hall–Kier alpha value is -2.12. The summed E-state index contributed by atoms with van der Waals surface area (Å²) < 4.78 is 28.2. The molecule has 0 bridgehead atoms. The Bertz CT molecular complexity index is 1070. The van der Waals surface area contributed by atoms with Gasteiger partial charge in [0.05, 0.1) is 22.7 Å². The molecule has 158 valence electrons. The van der Waals surface area contributed by atoms with Crippen LogP contribution in [-0.4, -0.2) is 42.5 Å². The zero-order valence-corrected chi connectivity index (χ0v) is 18.7. The zero-order valence-electron chi connectivity index (χ0n) is 16.3. The largest absolute Gasteiger partial charge is 0.355 e. The predicted octanol–water partition coefficient (Wildman–Crippen LogP) is 3.19. The van der Waals surface area contributed by atoms with Gasteiger partial charge in [-0.05, 0) is 61.9 Å². The van der Waals surface area contributed by atoms with E-state index < -0.39 is 16.1 Å². The highest BCUT2D eigenvalue weighted by Gasteiger charge is 2.36. The zero-order chi connectivity index (χ0) is 21.7. The van der Waals surface area contributed by atoms with Gasteiger partial charge in [-0.15, -0.1) is 11.8 Å². The van der Waals surface area contributed by atoms with Crippen LogP contribution < -0.4 is 5.32 Å². The van der Waals surface area contributed by atoms with E-state index in [9.17, 15) is 18.5 Å². The minimum Gasteiger partial charge on any atom is -0.355 e. The lowest BCUT2D eigenvalue weighted by Gasteiger charge is -2.29. The molecule has 1 atom stereocenters. The van der Waals surface area contributed by atoms with E-state index in [0.717, 1.165) is 12.8 Å². The average molecular weight is 465 g/mol. The summed E-state index contributed by atoms with van der Waals surface area (Å²) in [5, 5.41) is 13.0. The fourth-order valence-electron chi connectivity index (χ4n) is 3.27. The molecule has 30 heavy (non-hydrogen) atoms. The molecule has 2 heterocycles. The van der Waals surface area contributed by atoms with E-state index in [0.29, 0.717) is 34.3 Å². The summed E-state index contributed by atoms with van der Waals surface area (Å²) in [7, 11) is -4.00. The number of benzene rings is 1. The molecule has 1 unspecified atom stereocenters. The smallest absolute Gasteiger partial charge is 0.244 e. The van der Waals surface area contributed by atoms with E-state index in [1.165, 1.54) is 40.3 Å². The summed E-state index contributed by atoms with van der Waals surface area (Å²) in [6.45, 7) is 0.443. The first-order valence-corrected chi connectivity index (χ1v) is 12.4. The maximum absolute atomic E-state index is 13.5. The van der Waals surface area contributed by atoms with Crippen molar-refractivity contribution < 1.29 is 13.2 Å². The van der Waals surface area contributed by atoms with Crippen LogP contribution in [0.3, 0.4) is 0 Å². The Labute approximate surface area is 185 Å². The van der Waals surface area contributed by atoms with E-state index in [1.807, 2.05) is 0 Å². The van der Waals surface area contributed by atoms with E-state index in [4.69, 9.17) is 11.6 Å². The van der Waals surface area contributed by atoms with Gasteiger partial charge >= 0.3 is 0 Å². The molecule has 3 rings (SSSR count). The number of hydrogen-bond donors (Lipinski definition) is 1. The second kappa shape index (κ2) is 9.79. The monoisotopic (exact) mass is 464 g/mol. The molecule has 1 N–H and O–H groups in total. The molecule has 1 fully saturated rings. The minimum absolute atomic E-state index is 0.0580. The molecule has 1 aliphatic rings. The first-order valence-electron chi connectivity index (χ1n) is 9.36. The molecule has 10 heteroatoms. The summed E-state index contributed by atoms with van der Waals surface area (Å²) in [6, 6.07) is 10.3. The average Bonchev–Trinajstić information content (AvgIpc) is 2.96. The molecule has 0 saturated carbocycles. The van der Waals surface area contributed by atoms with E-state index in [-0.39, 0.29) is 17.3 Å². The highest BCUT2D eigenvalue weighted by molar-refractivity contribution is 7.98. The van der Waals surface area contributed by atoms with Crippen LogP contribution in [0, 0.1) is 11.3 Å². The van der Waals surface area contributed by atoms with Crippen molar-refractivity contribution >= 4 is 39.3 Å². The third-order valence-corrected chi connectivity index (χ3v) is 7.64. The highest BCUT2D eigenvalue weighted by Crippen LogP contribution is 2.26. The molecule has 1 aromatic heterocycles. The highest BCUT2D eigenvalue weighted by atomic mass is 35.5. The molecular formula is C20H21ClN4O3S2. The van der Waals surface area contributed by atoms with Gasteiger partial charge in [0.2, 0.25) is 15.9 Å². The van der Waals surface area contributed by atoms with Gasteiger partial charge in [-0.2, -0.15) is 9.57 Å². The second-order valence-corrected chi connectivity index (χ2v) is 9.90. The van der Waals surface area contributed by atoms with Crippen LogP contribution in [0.4, 0.5) is 0 Å². The van der Waals surface area contributed by atoms with E-state index >= 15 is 0 Å². The summed E-state index contributed by atoms with van der Waals surface area (Å²) in [6.07, 6.45) is 3.74. The van der Waals surface area contributed by atoms with Gasteiger partial charge < -0.3 is 5.32 Å². The fourth-order valence-corrected chi connectivity index (χ4v) is 5.53. The molecule has 0 spiro atoms. The van der Waals surface area contributed by atoms with Crippen molar-refractivity contribution in [2.24, 2.45) is 0 Å². The molecule has 2 aromatic rings. The first kappa shape index (κ1) is 22.6. The molecule has 0 aliphatic carbocycles. The standard InChI is InChI=1S/C20H21ClN4O3S2/c1-29-20-14(12-22)5-8-16(24-20)13-25(18-4-2-3-11-23-19(18)26)30(27,28)17-9-6-15(21)7-10-17/h5-10,18H,2-4,11,13H2,1H3,(H,23,26). The van der Waals surface area contributed by atoms with Gasteiger partial charge in [0.15, 0.2) is 0 Å². The number of thioether (sulfide) groups is 1. The number of aromatic nitrogens is 1. The Morgan fingerprint density at radius 3 is 2.67 bits per heavy atom. The van der Waals surface area contributed by atoms with Crippen molar-refractivity contribution in [2.75, 3.05) is 12.8 Å². The van der Waals surface area contributed by atoms with Crippen LogP contribution in [0.15, 0.2) is 46.3 Å². The number of carbonyl (C=O) groups excluding carboxylic acids is 1. The number of amides is 1. The quantitative estimate of drug-likeness (QED) is 0.658. The minimum atomic E-state index is -4.00. The van der Waals surface area contributed by atoms with Crippen molar-refractivity contribution in [1.82, 2.24) is 14.6 Å². The third kappa shape index (κ3) is 4.95. The van der Waals surface area contributed by atoms with E-state index in [2.05, 4.69) is 16.4 Å². The van der Waals surface area contributed by atoms with Crippen LogP contribution in [0.25, 0.3) is 0 Å². The topological polar surface area (TPSA) is 103 Å². The SMILES string of the molecule is CSc1nc(CN(C2CCCCNC2=O)S(=O)(=O)c2ccc(Cl)cc2)ccc1C#N. The summed E-state index contributed by atoms with van der Waals surface area (Å²) in [5.74, 6) is -0.316. The molecule has 0 radical (unpaired) electrons. The van der Waals surface area contributed by atoms with Gasteiger partial charge in [-0.3, -0.25) is 4.79 Å². The lowest BCUT2D eigenvalue weighted by molar-refractivity contribution is -0.124. The number of hydrogen-bond acceptors (Lipinski definition) is 6. The van der Waals surface area contributed by atoms with Crippen LogP contribution in [0.2, 0.25) is 5.02 Å². The molecule has 1 amide bonds. The maximum atomic E-state index is 13.5. The normalized spacial score (nSPS) is 17.3. The number of nitriles is 1. The number of sulfonamides is 1. The summed E-state index contributed by atoms with van der Waals surface area (Å²) in [4.78, 5) is 17.2. The summed E-state index contributed by atoms with van der Waals surface area (Å²) in [5.41, 5.74) is 0.888. The molecule has 1 aliphatic heterocycles. The van der Waals surface area contributed by atoms with Crippen LogP contribution >= 0.6 is 23.4 Å². The van der Waals surface area contributed by atoms with Gasteiger partial charge in [0.1, 0.15) is 17.1 Å². The Balaban J connectivity index is 2.04. The third-order valence-electron chi connectivity index (χ3n) is 4.82. The van der Waals surface area contributed by atoms with Gasteiger partial charge in [0, 0.05) is 11.6 Å². The number of nitrogens with one attached hydrogen (secondary N) is 1. The molecule has 1 saturated heterocycles. The maximum Gasteiger partial charge on any atom is 0.244 e. The number of rotatable bonds is 6. The first-order chi connectivity index (χ1) is 14.4. The lowest BCUT2D eigenvalue weighted by Crippen LogP contribution is -2.48. The Kier molecular flexibility index (Phi) is 7.36. The second-order valence-electron chi connectivity index (χ2n) is 6.78. The van der Waals surface area contributed by atoms with Crippen molar-refractivity contribution in [3.63, 3.8) is 0 Å². The Morgan fingerprint density at radius 1 is 1.27 bits per heavy atom. The number of carbonyl (C=O) groups is 1. The molecule has 1 aromatic carbocycles. The van der Waals surface area contributed by atoms with Crippen molar-refractivity contribution in [3.05, 3.63) is 52.7 Å².